The third kappa shape index (κ3) is 2.36. The van der Waals surface area contributed by atoms with E-state index < -0.39 is 0 Å². The van der Waals surface area contributed by atoms with Gasteiger partial charge in [-0.25, -0.2) is 9.67 Å². The van der Waals surface area contributed by atoms with Gasteiger partial charge in [0.05, 0.1) is 15.3 Å². The van der Waals surface area contributed by atoms with Crippen molar-refractivity contribution >= 4 is 28.4 Å². The normalized spacial score (nSPS) is 14.2. The van der Waals surface area contributed by atoms with Crippen molar-refractivity contribution in [3.05, 3.63) is 38.9 Å². The van der Waals surface area contributed by atoms with Gasteiger partial charge in [-0.05, 0) is 59.9 Å². The van der Waals surface area contributed by atoms with Gasteiger partial charge < -0.3 is 5.73 Å². The van der Waals surface area contributed by atoms with Gasteiger partial charge in [-0.1, -0.05) is 0 Å². The van der Waals surface area contributed by atoms with Gasteiger partial charge in [0.1, 0.15) is 5.84 Å². The summed E-state index contributed by atoms with van der Waals surface area (Å²) >= 11 is 2.20. The first-order valence-corrected chi connectivity index (χ1v) is 7.31. The summed E-state index contributed by atoms with van der Waals surface area (Å²) in [5, 5.41) is 12.0. The van der Waals surface area contributed by atoms with Gasteiger partial charge in [0.2, 0.25) is 0 Å². The fourth-order valence-corrected chi connectivity index (χ4v) is 2.80. The molecule has 0 spiro atoms. The van der Waals surface area contributed by atoms with Crippen molar-refractivity contribution in [2.24, 2.45) is 5.73 Å². The Bertz CT molecular complexity index is 646. The van der Waals surface area contributed by atoms with E-state index in [1.807, 2.05) is 12.3 Å². The maximum absolute atomic E-state index is 7.74. The van der Waals surface area contributed by atoms with E-state index in [4.69, 9.17) is 16.1 Å². The van der Waals surface area contributed by atoms with Crippen LogP contribution < -0.4 is 5.73 Å². The van der Waals surface area contributed by atoms with Crippen LogP contribution in [0.4, 0.5) is 0 Å². The number of nitrogens with zero attached hydrogens (tertiary/aromatic N) is 3. The molecule has 2 heterocycles. The summed E-state index contributed by atoms with van der Waals surface area (Å²) in [6.07, 6.45) is 8.05. The van der Waals surface area contributed by atoms with Crippen molar-refractivity contribution in [2.45, 2.75) is 25.7 Å². The second-order valence-electron chi connectivity index (χ2n) is 4.69. The fraction of sp³-hybridized carbons (Fsp3) is 0.308. The van der Waals surface area contributed by atoms with Gasteiger partial charge in [0, 0.05) is 11.9 Å². The second-order valence-corrected chi connectivity index (χ2v) is 5.93. The first-order chi connectivity index (χ1) is 9.15. The van der Waals surface area contributed by atoms with Crippen LogP contribution in [0.2, 0.25) is 0 Å². The Morgan fingerprint density at radius 3 is 2.84 bits per heavy atom. The van der Waals surface area contributed by atoms with Crippen molar-refractivity contribution in [1.29, 1.82) is 5.41 Å². The summed E-state index contributed by atoms with van der Waals surface area (Å²) in [7, 11) is 0. The summed E-state index contributed by atoms with van der Waals surface area (Å²) in [6.45, 7) is 0. The third-order valence-electron chi connectivity index (χ3n) is 3.34. The van der Waals surface area contributed by atoms with Gasteiger partial charge in [-0.2, -0.15) is 5.10 Å². The molecular formula is C13H14IN5. The minimum absolute atomic E-state index is 0.0429. The summed E-state index contributed by atoms with van der Waals surface area (Å²) in [5.41, 5.74) is 8.71. The Morgan fingerprint density at radius 1 is 1.37 bits per heavy atom. The zero-order valence-electron chi connectivity index (χ0n) is 10.4. The number of hydrogen-bond donors (Lipinski definition) is 2. The minimum atomic E-state index is 0.0429. The zero-order chi connectivity index (χ0) is 13.4. The van der Waals surface area contributed by atoms with Crippen LogP contribution in [0.15, 0.2) is 18.5 Å². The van der Waals surface area contributed by atoms with E-state index in [0.717, 1.165) is 22.1 Å². The topological polar surface area (TPSA) is 80.6 Å². The van der Waals surface area contributed by atoms with Crippen molar-refractivity contribution < 1.29 is 0 Å². The van der Waals surface area contributed by atoms with Crippen LogP contribution in [-0.2, 0) is 12.8 Å². The van der Waals surface area contributed by atoms with Crippen LogP contribution in [0, 0.1) is 8.98 Å². The molecule has 2 aromatic heterocycles. The fourth-order valence-electron chi connectivity index (χ4n) is 2.41. The molecule has 0 bridgehead atoms. The van der Waals surface area contributed by atoms with E-state index >= 15 is 0 Å². The first kappa shape index (κ1) is 12.6. The quantitative estimate of drug-likeness (QED) is 0.484. The molecule has 0 amide bonds. The zero-order valence-corrected chi connectivity index (χ0v) is 12.5. The Balaban J connectivity index is 2.18. The van der Waals surface area contributed by atoms with Gasteiger partial charge in [0.25, 0.3) is 0 Å². The molecule has 6 heteroatoms. The number of hydrogen-bond acceptors (Lipinski definition) is 3. The van der Waals surface area contributed by atoms with E-state index in [1.54, 1.807) is 10.9 Å². The maximum Gasteiger partial charge on any atom is 0.164 e. The van der Waals surface area contributed by atoms with Crippen LogP contribution >= 0.6 is 22.6 Å². The number of pyridine rings is 1. The minimum Gasteiger partial charge on any atom is -0.384 e. The van der Waals surface area contributed by atoms with Gasteiger partial charge in [-0.3, -0.25) is 5.41 Å². The number of nitrogens with one attached hydrogen (secondary N) is 1. The molecule has 5 nitrogen and oxygen atoms in total. The SMILES string of the molecule is N=C(N)c1cc2c(nc1-n1cc(I)cn1)CCCC2. The van der Waals surface area contributed by atoms with E-state index in [2.05, 4.69) is 27.7 Å². The number of aromatic nitrogens is 3. The number of halogens is 1. The highest BCUT2D eigenvalue weighted by molar-refractivity contribution is 14.1. The molecule has 0 saturated carbocycles. The first-order valence-electron chi connectivity index (χ1n) is 6.23. The lowest BCUT2D eigenvalue weighted by Crippen LogP contribution is -2.19. The highest BCUT2D eigenvalue weighted by Crippen LogP contribution is 2.24. The summed E-state index contributed by atoms with van der Waals surface area (Å²) in [4.78, 5) is 4.69. The largest absolute Gasteiger partial charge is 0.384 e. The molecular weight excluding hydrogens is 353 g/mol. The van der Waals surface area contributed by atoms with E-state index in [-0.39, 0.29) is 5.84 Å². The molecule has 0 fully saturated rings. The van der Waals surface area contributed by atoms with Crippen molar-refractivity contribution in [2.75, 3.05) is 0 Å². The number of nitrogen functional groups attached to an aromatic ring is 1. The van der Waals surface area contributed by atoms with Crippen molar-refractivity contribution in [1.82, 2.24) is 14.8 Å². The molecule has 0 radical (unpaired) electrons. The number of rotatable bonds is 2. The average Bonchev–Trinajstić information content (AvgIpc) is 2.83. The Hall–Kier alpha value is -1.44. The molecule has 0 atom stereocenters. The van der Waals surface area contributed by atoms with Crippen LogP contribution in [0.1, 0.15) is 29.7 Å². The number of nitrogens with two attached hydrogens (primary N) is 1. The number of aryl methyl sites for hydroxylation is 2. The Labute approximate surface area is 124 Å². The summed E-state index contributed by atoms with van der Waals surface area (Å²) in [5.74, 6) is 0.706. The lowest BCUT2D eigenvalue weighted by atomic mass is 9.94. The molecule has 0 aliphatic heterocycles. The van der Waals surface area contributed by atoms with Crippen LogP contribution in [0.3, 0.4) is 0 Å². The predicted octanol–water partition coefficient (Wildman–Crippen LogP) is 2.03. The van der Waals surface area contributed by atoms with Crippen molar-refractivity contribution in [3.8, 4) is 5.82 Å². The molecule has 1 aliphatic rings. The van der Waals surface area contributed by atoms with Crippen LogP contribution in [-0.4, -0.2) is 20.6 Å². The summed E-state index contributed by atoms with van der Waals surface area (Å²) < 4.78 is 2.74. The Morgan fingerprint density at radius 2 is 2.16 bits per heavy atom. The van der Waals surface area contributed by atoms with E-state index in [9.17, 15) is 0 Å². The lowest BCUT2D eigenvalue weighted by molar-refractivity contribution is 0.661. The van der Waals surface area contributed by atoms with Gasteiger partial charge in [-0.15, -0.1) is 0 Å². The number of fused-ring (bicyclic) bond motifs is 1. The molecule has 3 rings (SSSR count). The molecule has 0 unspecified atom stereocenters. The highest BCUT2D eigenvalue weighted by atomic mass is 127. The molecule has 3 N–H and O–H groups in total. The lowest BCUT2D eigenvalue weighted by Gasteiger charge is -2.18. The smallest absolute Gasteiger partial charge is 0.164 e. The van der Waals surface area contributed by atoms with Crippen molar-refractivity contribution in [3.63, 3.8) is 0 Å². The van der Waals surface area contributed by atoms with E-state index in [0.29, 0.717) is 11.4 Å². The average molecular weight is 367 g/mol. The number of amidine groups is 1. The highest BCUT2D eigenvalue weighted by Gasteiger charge is 2.18. The molecule has 0 saturated heterocycles. The maximum atomic E-state index is 7.74. The Kier molecular flexibility index (Phi) is 3.26. The molecule has 0 aromatic carbocycles. The monoisotopic (exact) mass is 367 g/mol. The molecule has 2 aromatic rings. The third-order valence-corrected chi connectivity index (χ3v) is 3.90. The molecule has 19 heavy (non-hydrogen) atoms. The van der Waals surface area contributed by atoms with Gasteiger partial charge >= 0.3 is 0 Å². The summed E-state index contributed by atoms with van der Waals surface area (Å²) in [6, 6.07) is 2.01. The second kappa shape index (κ2) is 4.92. The molecule has 98 valence electrons. The predicted molar refractivity (Wildman–Crippen MR) is 81.7 cm³/mol. The van der Waals surface area contributed by atoms with Gasteiger partial charge in [0.15, 0.2) is 5.82 Å². The standard InChI is InChI=1S/C13H14IN5/c14-9-6-17-19(7-9)13-10(12(15)16)5-8-3-1-2-4-11(8)18-13/h5-7H,1-4H2,(H3,15,16). The van der Waals surface area contributed by atoms with E-state index in [1.165, 1.54) is 18.4 Å². The van der Waals surface area contributed by atoms with Crippen LogP contribution in [0.5, 0.6) is 0 Å². The molecule has 1 aliphatic carbocycles. The van der Waals surface area contributed by atoms with Crippen LogP contribution in [0.25, 0.3) is 5.82 Å².